The van der Waals surface area contributed by atoms with Crippen LogP contribution < -0.4 is 0 Å². The molecular formula is C16H22N2O2. The Hall–Kier alpha value is -1.68. The second kappa shape index (κ2) is 7.20. The molecule has 4 heteroatoms. The van der Waals surface area contributed by atoms with Gasteiger partial charge in [0.2, 0.25) is 0 Å². The SMILES string of the molecule is CCN1CCC(OC(=O)/N=C(/C)c2ccccc2)CC1. The first-order chi connectivity index (χ1) is 9.69. The van der Waals surface area contributed by atoms with E-state index in [0.29, 0.717) is 5.71 Å². The third-order valence-corrected chi connectivity index (χ3v) is 3.70. The summed E-state index contributed by atoms with van der Waals surface area (Å²) in [5.74, 6) is 0. The highest BCUT2D eigenvalue weighted by atomic mass is 16.6. The fraction of sp³-hybridized carbons (Fsp3) is 0.500. The van der Waals surface area contributed by atoms with Crippen LogP contribution in [0.1, 0.15) is 32.3 Å². The summed E-state index contributed by atoms with van der Waals surface area (Å²) in [5.41, 5.74) is 1.65. The number of rotatable bonds is 3. The number of likely N-dealkylation sites (tertiary alicyclic amines) is 1. The van der Waals surface area contributed by atoms with Crippen LogP contribution in [0.5, 0.6) is 0 Å². The van der Waals surface area contributed by atoms with Gasteiger partial charge >= 0.3 is 6.09 Å². The number of hydrogen-bond acceptors (Lipinski definition) is 3. The van der Waals surface area contributed by atoms with E-state index in [1.807, 2.05) is 37.3 Å². The summed E-state index contributed by atoms with van der Waals surface area (Å²) in [7, 11) is 0. The van der Waals surface area contributed by atoms with Crippen molar-refractivity contribution >= 4 is 11.8 Å². The quantitative estimate of drug-likeness (QED) is 0.795. The number of nitrogens with zero attached hydrogens (tertiary/aromatic N) is 2. The van der Waals surface area contributed by atoms with Crippen molar-refractivity contribution in [2.24, 2.45) is 4.99 Å². The molecule has 1 fully saturated rings. The number of hydrogen-bond donors (Lipinski definition) is 0. The fourth-order valence-corrected chi connectivity index (χ4v) is 2.39. The number of ether oxygens (including phenoxy) is 1. The van der Waals surface area contributed by atoms with Gasteiger partial charge in [-0.3, -0.25) is 0 Å². The maximum atomic E-state index is 11.8. The standard InChI is InChI=1S/C16H22N2O2/c1-3-18-11-9-15(10-12-18)20-16(19)17-13(2)14-7-5-4-6-8-14/h4-8,15H,3,9-12H2,1-2H3/b17-13-. The lowest BCUT2D eigenvalue weighted by molar-refractivity contribution is 0.0582. The Balaban J connectivity index is 1.86. The van der Waals surface area contributed by atoms with Crippen molar-refractivity contribution in [3.63, 3.8) is 0 Å². The molecule has 1 saturated heterocycles. The highest BCUT2D eigenvalue weighted by molar-refractivity contribution is 6.03. The van der Waals surface area contributed by atoms with Gasteiger partial charge in [-0.25, -0.2) is 4.79 Å². The first-order valence-corrected chi connectivity index (χ1v) is 7.22. The lowest BCUT2D eigenvalue weighted by Gasteiger charge is -2.30. The van der Waals surface area contributed by atoms with E-state index < -0.39 is 6.09 Å². The largest absolute Gasteiger partial charge is 0.445 e. The van der Waals surface area contributed by atoms with Gasteiger partial charge in [0, 0.05) is 13.1 Å². The average Bonchev–Trinajstić information content (AvgIpc) is 2.49. The summed E-state index contributed by atoms with van der Waals surface area (Å²) in [5, 5.41) is 0. The molecule has 0 radical (unpaired) electrons. The number of aliphatic imine (C=N–C) groups is 1. The zero-order valence-corrected chi connectivity index (χ0v) is 12.2. The molecule has 1 aromatic rings. The average molecular weight is 274 g/mol. The second-order valence-electron chi connectivity index (χ2n) is 5.08. The van der Waals surface area contributed by atoms with Crippen molar-refractivity contribution in [3.05, 3.63) is 35.9 Å². The summed E-state index contributed by atoms with van der Waals surface area (Å²) in [6.07, 6.45) is 1.35. The molecule has 4 nitrogen and oxygen atoms in total. The third-order valence-electron chi connectivity index (χ3n) is 3.70. The molecule has 108 valence electrons. The molecule has 0 bridgehead atoms. The molecule has 0 unspecified atom stereocenters. The van der Waals surface area contributed by atoms with Crippen LogP contribution in [-0.4, -0.2) is 42.4 Å². The van der Waals surface area contributed by atoms with Gasteiger partial charge in [0.05, 0.1) is 5.71 Å². The van der Waals surface area contributed by atoms with Crippen LogP contribution in [0.2, 0.25) is 0 Å². The van der Waals surface area contributed by atoms with Crippen LogP contribution in [0.3, 0.4) is 0 Å². The first-order valence-electron chi connectivity index (χ1n) is 7.22. The molecule has 1 heterocycles. The summed E-state index contributed by atoms with van der Waals surface area (Å²) >= 11 is 0. The molecule has 1 aliphatic heterocycles. The zero-order chi connectivity index (χ0) is 14.4. The summed E-state index contributed by atoms with van der Waals surface area (Å²) in [6, 6.07) is 9.68. The maximum absolute atomic E-state index is 11.8. The Labute approximate surface area is 120 Å². The topological polar surface area (TPSA) is 41.9 Å². The summed E-state index contributed by atoms with van der Waals surface area (Å²) in [4.78, 5) is 18.2. The Morgan fingerprint density at radius 3 is 2.55 bits per heavy atom. The molecule has 0 aromatic heterocycles. The van der Waals surface area contributed by atoms with E-state index in [4.69, 9.17) is 4.74 Å². The minimum absolute atomic E-state index is 0.0117. The number of benzene rings is 1. The van der Waals surface area contributed by atoms with Crippen LogP contribution in [0.25, 0.3) is 0 Å². The van der Waals surface area contributed by atoms with Crippen molar-refractivity contribution in [2.45, 2.75) is 32.8 Å². The molecular weight excluding hydrogens is 252 g/mol. The normalized spacial score (nSPS) is 18.0. The second-order valence-corrected chi connectivity index (χ2v) is 5.08. The number of carbonyl (C=O) groups is 1. The van der Waals surface area contributed by atoms with E-state index in [1.165, 1.54) is 0 Å². The van der Waals surface area contributed by atoms with Gasteiger partial charge in [0.1, 0.15) is 6.10 Å². The van der Waals surface area contributed by atoms with Crippen molar-refractivity contribution in [1.82, 2.24) is 4.90 Å². The van der Waals surface area contributed by atoms with Gasteiger partial charge in [-0.15, -0.1) is 0 Å². The maximum Gasteiger partial charge on any atom is 0.434 e. The molecule has 20 heavy (non-hydrogen) atoms. The molecule has 2 rings (SSSR count). The highest BCUT2D eigenvalue weighted by Gasteiger charge is 2.21. The molecule has 0 atom stereocenters. The lowest BCUT2D eigenvalue weighted by Crippen LogP contribution is -2.37. The molecule has 1 amide bonds. The smallest absolute Gasteiger partial charge is 0.434 e. The van der Waals surface area contributed by atoms with E-state index in [9.17, 15) is 4.79 Å². The Kier molecular flexibility index (Phi) is 5.30. The van der Waals surface area contributed by atoms with E-state index in [0.717, 1.165) is 38.0 Å². The van der Waals surface area contributed by atoms with Crippen molar-refractivity contribution in [2.75, 3.05) is 19.6 Å². The number of amides is 1. The zero-order valence-electron chi connectivity index (χ0n) is 12.2. The Morgan fingerprint density at radius 1 is 1.30 bits per heavy atom. The highest BCUT2D eigenvalue weighted by Crippen LogP contribution is 2.14. The first kappa shape index (κ1) is 14.7. The van der Waals surface area contributed by atoms with Gasteiger partial charge in [-0.2, -0.15) is 4.99 Å². The van der Waals surface area contributed by atoms with Crippen LogP contribution in [-0.2, 0) is 4.74 Å². The lowest BCUT2D eigenvalue weighted by atomic mass is 10.1. The molecule has 0 N–H and O–H groups in total. The Morgan fingerprint density at radius 2 is 1.95 bits per heavy atom. The summed E-state index contributed by atoms with van der Waals surface area (Å²) < 4.78 is 5.42. The molecule has 1 aliphatic rings. The minimum atomic E-state index is -0.471. The van der Waals surface area contributed by atoms with Crippen molar-refractivity contribution in [3.8, 4) is 0 Å². The van der Waals surface area contributed by atoms with E-state index in [-0.39, 0.29) is 6.10 Å². The van der Waals surface area contributed by atoms with Gasteiger partial charge in [0.25, 0.3) is 0 Å². The number of carbonyl (C=O) groups excluding carboxylic acids is 1. The molecule has 0 saturated carbocycles. The van der Waals surface area contributed by atoms with Gasteiger partial charge in [-0.1, -0.05) is 37.3 Å². The van der Waals surface area contributed by atoms with Gasteiger partial charge < -0.3 is 9.64 Å². The number of piperidine rings is 1. The molecule has 1 aromatic carbocycles. The van der Waals surface area contributed by atoms with Crippen LogP contribution in [0.4, 0.5) is 4.79 Å². The van der Waals surface area contributed by atoms with Crippen LogP contribution in [0, 0.1) is 0 Å². The fourth-order valence-electron chi connectivity index (χ4n) is 2.39. The van der Waals surface area contributed by atoms with Gasteiger partial charge in [0.15, 0.2) is 0 Å². The third kappa shape index (κ3) is 4.17. The predicted octanol–water partition coefficient (Wildman–Crippen LogP) is 3.12. The van der Waals surface area contributed by atoms with E-state index >= 15 is 0 Å². The van der Waals surface area contributed by atoms with E-state index in [2.05, 4.69) is 16.8 Å². The van der Waals surface area contributed by atoms with Crippen molar-refractivity contribution in [1.29, 1.82) is 0 Å². The molecule has 0 spiro atoms. The Bertz CT molecular complexity index is 463. The van der Waals surface area contributed by atoms with Gasteiger partial charge in [-0.05, 0) is 31.9 Å². The van der Waals surface area contributed by atoms with E-state index in [1.54, 1.807) is 0 Å². The predicted molar refractivity (Wildman–Crippen MR) is 80.3 cm³/mol. The monoisotopic (exact) mass is 274 g/mol. The van der Waals surface area contributed by atoms with Crippen molar-refractivity contribution < 1.29 is 9.53 Å². The summed E-state index contributed by atoms with van der Waals surface area (Å²) in [6.45, 7) is 7.04. The minimum Gasteiger partial charge on any atom is -0.445 e. The van der Waals surface area contributed by atoms with Crippen LogP contribution >= 0.6 is 0 Å². The van der Waals surface area contributed by atoms with Crippen LogP contribution in [0.15, 0.2) is 35.3 Å². The molecule has 0 aliphatic carbocycles.